The first-order valence-corrected chi connectivity index (χ1v) is 6.67. The third-order valence-electron chi connectivity index (χ3n) is 3.28. The smallest absolute Gasteiger partial charge is 0.241 e. The molecule has 0 saturated carbocycles. The van der Waals surface area contributed by atoms with Gasteiger partial charge < -0.3 is 14.7 Å². The lowest BCUT2D eigenvalue weighted by atomic mass is 10.2. The molecule has 1 aliphatic rings. The van der Waals surface area contributed by atoms with E-state index in [4.69, 9.17) is 16.1 Å². The quantitative estimate of drug-likeness (QED) is 0.876. The molecule has 20 heavy (non-hydrogen) atoms. The van der Waals surface area contributed by atoms with Gasteiger partial charge in [-0.2, -0.15) is 4.98 Å². The molecule has 6 nitrogen and oxygen atoms in total. The van der Waals surface area contributed by atoms with E-state index in [0.717, 1.165) is 0 Å². The predicted octanol–water partition coefficient (Wildman–Crippen LogP) is 0.927. The minimum Gasteiger partial charge on any atom is -0.389 e. The van der Waals surface area contributed by atoms with Crippen LogP contribution in [-0.2, 0) is 6.54 Å². The summed E-state index contributed by atoms with van der Waals surface area (Å²) in [6.07, 6.45) is -1.44. The number of aliphatic hydroxyl groups excluding tert-OH is 2. The molecule has 0 amide bonds. The van der Waals surface area contributed by atoms with Gasteiger partial charge >= 0.3 is 0 Å². The number of hydrogen-bond acceptors (Lipinski definition) is 6. The van der Waals surface area contributed by atoms with Crippen molar-refractivity contribution >= 4 is 11.6 Å². The zero-order valence-electron chi connectivity index (χ0n) is 10.6. The number of likely N-dealkylation sites (tertiary alicyclic amines) is 1. The second kappa shape index (κ2) is 5.49. The number of benzene rings is 1. The lowest BCUT2D eigenvalue weighted by molar-refractivity contribution is 0.0572. The number of β-amino-alcohol motifs (C(OH)–C–C–N with tert-alkyl or cyclic N) is 2. The number of hydrogen-bond donors (Lipinski definition) is 2. The van der Waals surface area contributed by atoms with Gasteiger partial charge in [0.2, 0.25) is 11.7 Å². The van der Waals surface area contributed by atoms with Gasteiger partial charge in [0, 0.05) is 18.7 Å². The van der Waals surface area contributed by atoms with Crippen molar-refractivity contribution in [2.45, 2.75) is 18.8 Å². The predicted molar refractivity (Wildman–Crippen MR) is 72.0 cm³/mol. The van der Waals surface area contributed by atoms with Gasteiger partial charge in [-0.25, -0.2) is 0 Å². The van der Waals surface area contributed by atoms with Crippen LogP contribution in [0, 0.1) is 0 Å². The molecule has 1 fully saturated rings. The summed E-state index contributed by atoms with van der Waals surface area (Å²) in [7, 11) is 0. The highest BCUT2D eigenvalue weighted by Gasteiger charge is 2.30. The van der Waals surface area contributed by atoms with E-state index in [0.29, 0.717) is 41.9 Å². The lowest BCUT2D eigenvalue weighted by Gasteiger charge is -2.10. The maximum Gasteiger partial charge on any atom is 0.241 e. The Kier molecular flexibility index (Phi) is 3.71. The average Bonchev–Trinajstić information content (AvgIpc) is 2.98. The molecule has 3 rings (SSSR count). The Bertz CT molecular complexity index is 594. The molecule has 1 saturated heterocycles. The molecule has 2 aromatic rings. The van der Waals surface area contributed by atoms with Gasteiger partial charge in [-0.15, -0.1) is 0 Å². The molecule has 0 aliphatic carbocycles. The maximum atomic E-state index is 9.49. The molecule has 2 heterocycles. The molecule has 106 valence electrons. The average molecular weight is 296 g/mol. The van der Waals surface area contributed by atoms with Crippen LogP contribution in [0.15, 0.2) is 28.8 Å². The molecule has 1 aromatic carbocycles. The van der Waals surface area contributed by atoms with E-state index in [-0.39, 0.29) is 0 Å². The Labute approximate surface area is 120 Å². The third kappa shape index (κ3) is 2.69. The van der Waals surface area contributed by atoms with Crippen LogP contribution in [0.25, 0.3) is 11.4 Å². The summed E-state index contributed by atoms with van der Waals surface area (Å²) < 4.78 is 5.18. The van der Waals surface area contributed by atoms with Crippen LogP contribution in [0.3, 0.4) is 0 Å². The Morgan fingerprint density at radius 2 is 1.95 bits per heavy atom. The second-order valence-electron chi connectivity index (χ2n) is 4.82. The molecular formula is C13H14ClN3O3. The van der Waals surface area contributed by atoms with Crippen molar-refractivity contribution in [3.8, 4) is 11.4 Å². The van der Waals surface area contributed by atoms with E-state index in [1.165, 1.54) is 0 Å². The number of rotatable bonds is 3. The standard InChI is InChI=1S/C13H14ClN3O3/c14-9-4-2-1-3-8(9)13-15-12(20-16-13)7-17-5-10(18)11(19)6-17/h1-4,10-11,18-19H,5-7H2/t10-,11+. The number of nitrogens with zero attached hydrogens (tertiary/aromatic N) is 3. The van der Waals surface area contributed by atoms with Crippen molar-refractivity contribution < 1.29 is 14.7 Å². The molecule has 0 bridgehead atoms. The van der Waals surface area contributed by atoms with Gasteiger partial charge in [0.1, 0.15) is 0 Å². The van der Waals surface area contributed by atoms with E-state index in [2.05, 4.69) is 10.1 Å². The Hall–Kier alpha value is -1.47. The van der Waals surface area contributed by atoms with Crippen LogP contribution in [0.5, 0.6) is 0 Å². The van der Waals surface area contributed by atoms with Crippen molar-refractivity contribution in [2.24, 2.45) is 0 Å². The summed E-state index contributed by atoms with van der Waals surface area (Å²) >= 11 is 6.08. The molecule has 1 aromatic heterocycles. The van der Waals surface area contributed by atoms with Gasteiger partial charge in [0.05, 0.1) is 23.8 Å². The zero-order chi connectivity index (χ0) is 14.1. The van der Waals surface area contributed by atoms with E-state index in [1.54, 1.807) is 6.07 Å². The Morgan fingerprint density at radius 1 is 1.25 bits per heavy atom. The van der Waals surface area contributed by atoms with Crippen molar-refractivity contribution in [2.75, 3.05) is 13.1 Å². The van der Waals surface area contributed by atoms with E-state index in [9.17, 15) is 10.2 Å². The highest BCUT2D eigenvalue weighted by molar-refractivity contribution is 6.33. The first-order valence-electron chi connectivity index (χ1n) is 6.29. The summed E-state index contributed by atoms with van der Waals surface area (Å²) in [5, 5.41) is 23.4. The molecule has 0 unspecified atom stereocenters. The van der Waals surface area contributed by atoms with Gasteiger partial charge in [-0.3, -0.25) is 4.90 Å². The number of aromatic nitrogens is 2. The number of aliphatic hydroxyl groups is 2. The topological polar surface area (TPSA) is 82.6 Å². The van der Waals surface area contributed by atoms with E-state index < -0.39 is 12.2 Å². The number of halogens is 1. The second-order valence-corrected chi connectivity index (χ2v) is 5.23. The molecule has 2 N–H and O–H groups in total. The summed E-state index contributed by atoms with van der Waals surface area (Å²) in [6, 6.07) is 7.27. The summed E-state index contributed by atoms with van der Waals surface area (Å²) in [5.74, 6) is 0.868. The van der Waals surface area contributed by atoms with Crippen LogP contribution in [0.1, 0.15) is 5.89 Å². The van der Waals surface area contributed by atoms with Crippen LogP contribution < -0.4 is 0 Å². The Morgan fingerprint density at radius 3 is 2.65 bits per heavy atom. The minimum atomic E-state index is -0.721. The lowest BCUT2D eigenvalue weighted by Crippen LogP contribution is -2.22. The van der Waals surface area contributed by atoms with Gasteiger partial charge in [-0.1, -0.05) is 28.9 Å². The SMILES string of the molecule is O[C@@H]1CN(Cc2nc(-c3ccccc3Cl)no2)C[C@@H]1O. The van der Waals surface area contributed by atoms with Crippen LogP contribution in [0.4, 0.5) is 0 Å². The molecule has 0 radical (unpaired) electrons. The van der Waals surface area contributed by atoms with Gasteiger partial charge in [-0.05, 0) is 12.1 Å². The van der Waals surface area contributed by atoms with Gasteiger partial charge in [0.15, 0.2) is 0 Å². The third-order valence-corrected chi connectivity index (χ3v) is 3.61. The van der Waals surface area contributed by atoms with Gasteiger partial charge in [0.25, 0.3) is 0 Å². The van der Waals surface area contributed by atoms with Crippen molar-refractivity contribution in [1.82, 2.24) is 15.0 Å². The van der Waals surface area contributed by atoms with Crippen molar-refractivity contribution in [3.05, 3.63) is 35.2 Å². The zero-order valence-corrected chi connectivity index (χ0v) is 11.4. The van der Waals surface area contributed by atoms with E-state index in [1.807, 2.05) is 23.1 Å². The molecular weight excluding hydrogens is 282 g/mol. The fourth-order valence-corrected chi connectivity index (χ4v) is 2.46. The largest absolute Gasteiger partial charge is 0.389 e. The summed E-state index contributed by atoms with van der Waals surface area (Å²) in [5.41, 5.74) is 0.714. The summed E-state index contributed by atoms with van der Waals surface area (Å²) in [4.78, 5) is 6.15. The Balaban J connectivity index is 1.73. The highest BCUT2D eigenvalue weighted by Crippen LogP contribution is 2.25. The van der Waals surface area contributed by atoms with E-state index >= 15 is 0 Å². The molecule has 7 heteroatoms. The van der Waals surface area contributed by atoms with Crippen molar-refractivity contribution in [3.63, 3.8) is 0 Å². The monoisotopic (exact) mass is 295 g/mol. The molecule has 0 spiro atoms. The molecule has 2 atom stereocenters. The maximum absolute atomic E-state index is 9.49. The fraction of sp³-hybridized carbons (Fsp3) is 0.385. The molecule has 1 aliphatic heterocycles. The first kappa shape index (κ1) is 13.5. The highest BCUT2D eigenvalue weighted by atomic mass is 35.5. The summed E-state index contributed by atoms with van der Waals surface area (Å²) in [6.45, 7) is 1.18. The normalized spacial score (nSPS) is 23.4. The minimum absolute atomic E-state index is 0.394. The van der Waals surface area contributed by atoms with Crippen LogP contribution >= 0.6 is 11.6 Å². The fourth-order valence-electron chi connectivity index (χ4n) is 2.24. The first-order chi connectivity index (χ1) is 9.63. The van der Waals surface area contributed by atoms with Crippen molar-refractivity contribution in [1.29, 1.82) is 0 Å². The van der Waals surface area contributed by atoms with Crippen LogP contribution in [-0.4, -0.2) is 50.6 Å². The van der Waals surface area contributed by atoms with Crippen LogP contribution in [0.2, 0.25) is 5.02 Å².